The number of benzene rings is 2. The number of alkyl halides is 1. The lowest BCUT2D eigenvalue weighted by molar-refractivity contribution is 0.0993. The summed E-state index contributed by atoms with van der Waals surface area (Å²) in [5.74, 6) is 0.126. The molecular formula is C22H22BrIN2O. The fraction of sp³-hybridized carbons (Fsp3) is 0.364. The number of hydrogen-bond acceptors (Lipinski definition) is 3. The van der Waals surface area contributed by atoms with Gasteiger partial charge in [-0.1, -0.05) is 46.9 Å². The van der Waals surface area contributed by atoms with Crippen molar-refractivity contribution in [3.05, 3.63) is 63.1 Å². The van der Waals surface area contributed by atoms with Gasteiger partial charge in [0.05, 0.1) is 18.2 Å². The van der Waals surface area contributed by atoms with Gasteiger partial charge in [0, 0.05) is 33.0 Å². The SMILES string of the molecule is CC(C)N1c2c(Br)cc(C(=O)Cc3ccc(CI)cc3)cc2CC1CC#N. The van der Waals surface area contributed by atoms with Crippen LogP contribution in [0.2, 0.25) is 0 Å². The van der Waals surface area contributed by atoms with Gasteiger partial charge in [-0.25, -0.2) is 0 Å². The topological polar surface area (TPSA) is 44.1 Å². The van der Waals surface area contributed by atoms with E-state index < -0.39 is 0 Å². The molecular weight excluding hydrogens is 515 g/mol. The number of carbonyl (C=O) groups excluding carboxylic acids is 1. The van der Waals surface area contributed by atoms with Crippen molar-refractivity contribution < 1.29 is 4.79 Å². The fourth-order valence-electron chi connectivity index (χ4n) is 3.79. The van der Waals surface area contributed by atoms with Crippen molar-refractivity contribution >= 4 is 50.0 Å². The fourth-order valence-corrected chi connectivity index (χ4v) is 5.00. The average molecular weight is 537 g/mol. The Labute approximate surface area is 183 Å². The Balaban J connectivity index is 1.86. The number of nitrogens with zero attached hydrogens (tertiary/aromatic N) is 2. The van der Waals surface area contributed by atoms with Crippen LogP contribution in [0.4, 0.5) is 5.69 Å². The maximum absolute atomic E-state index is 12.9. The Bertz CT molecular complexity index is 886. The van der Waals surface area contributed by atoms with Gasteiger partial charge in [0.25, 0.3) is 0 Å². The molecule has 0 aromatic heterocycles. The lowest BCUT2D eigenvalue weighted by atomic mass is 9.99. The molecule has 0 bridgehead atoms. The minimum absolute atomic E-state index is 0.126. The summed E-state index contributed by atoms with van der Waals surface area (Å²) >= 11 is 6.02. The van der Waals surface area contributed by atoms with E-state index in [2.05, 4.69) is 75.5 Å². The van der Waals surface area contributed by atoms with Gasteiger partial charge in [-0.15, -0.1) is 0 Å². The van der Waals surface area contributed by atoms with Crippen LogP contribution in [0.25, 0.3) is 0 Å². The summed E-state index contributed by atoms with van der Waals surface area (Å²) < 4.78 is 1.91. The number of ketones is 1. The predicted molar refractivity (Wildman–Crippen MR) is 122 cm³/mol. The zero-order chi connectivity index (χ0) is 19.6. The minimum atomic E-state index is 0.126. The summed E-state index contributed by atoms with van der Waals surface area (Å²) in [6.45, 7) is 4.29. The van der Waals surface area contributed by atoms with Gasteiger partial charge in [-0.05, 0) is 65.0 Å². The highest BCUT2D eigenvalue weighted by Crippen LogP contribution is 2.41. The molecule has 0 saturated heterocycles. The molecule has 1 aliphatic rings. The Morgan fingerprint density at radius 2 is 1.96 bits per heavy atom. The molecule has 3 nitrogen and oxygen atoms in total. The quantitative estimate of drug-likeness (QED) is 0.264. The van der Waals surface area contributed by atoms with Crippen LogP contribution < -0.4 is 4.90 Å². The zero-order valence-electron chi connectivity index (χ0n) is 15.5. The molecule has 1 aliphatic heterocycles. The number of anilines is 1. The lowest BCUT2D eigenvalue weighted by Gasteiger charge is -2.31. The van der Waals surface area contributed by atoms with E-state index in [9.17, 15) is 10.1 Å². The number of halogens is 2. The van der Waals surface area contributed by atoms with Gasteiger partial charge in [0.1, 0.15) is 0 Å². The first-order chi connectivity index (χ1) is 12.9. The van der Waals surface area contributed by atoms with E-state index in [1.807, 2.05) is 24.3 Å². The van der Waals surface area contributed by atoms with E-state index in [1.54, 1.807) is 0 Å². The second-order valence-electron chi connectivity index (χ2n) is 7.24. The van der Waals surface area contributed by atoms with Crippen LogP contribution in [0.5, 0.6) is 0 Å². The first-order valence-corrected chi connectivity index (χ1v) is 11.4. The van der Waals surface area contributed by atoms with Crippen molar-refractivity contribution in [3.8, 4) is 6.07 Å². The molecule has 0 aliphatic carbocycles. The van der Waals surface area contributed by atoms with Crippen molar-refractivity contribution in [3.63, 3.8) is 0 Å². The van der Waals surface area contributed by atoms with Crippen molar-refractivity contribution in [1.82, 2.24) is 0 Å². The number of fused-ring (bicyclic) bond motifs is 1. The summed E-state index contributed by atoms with van der Waals surface area (Å²) in [5.41, 5.74) is 5.33. The number of nitriles is 1. The molecule has 140 valence electrons. The Kier molecular flexibility index (Phi) is 6.59. The summed E-state index contributed by atoms with van der Waals surface area (Å²) in [7, 11) is 0. The molecule has 0 N–H and O–H groups in total. The molecule has 0 spiro atoms. The van der Waals surface area contributed by atoms with E-state index in [4.69, 9.17) is 0 Å². The summed E-state index contributed by atoms with van der Waals surface area (Å²) in [4.78, 5) is 15.2. The second kappa shape index (κ2) is 8.74. The third-order valence-corrected chi connectivity index (χ3v) is 6.48. The van der Waals surface area contributed by atoms with Crippen LogP contribution in [0, 0.1) is 11.3 Å². The van der Waals surface area contributed by atoms with Crippen molar-refractivity contribution in [2.45, 2.75) is 49.6 Å². The van der Waals surface area contributed by atoms with Gasteiger partial charge < -0.3 is 4.90 Å². The molecule has 1 heterocycles. The monoisotopic (exact) mass is 536 g/mol. The van der Waals surface area contributed by atoms with Crippen LogP contribution in [-0.2, 0) is 17.3 Å². The highest BCUT2D eigenvalue weighted by atomic mass is 127. The molecule has 2 aromatic carbocycles. The molecule has 1 unspecified atom stereocenters. The molecule has 27 heavy (non-hydrogen) atoms. The zero-order valence-corrected chi connectivity index (χ0v) is 19.2. The lowest BCUT2D eigenvalue weighted by Crippen LogP contribution is -2.37. The Hall–Kier alpha value is -1.39. The number of carbonyl (C=O) groups is 1. The largest absolute Gasteiger partial charge is 0.364 e. The second-order valence-corrected chi connectivity index (χ2v) is 8.85. The maximum Gasteiger partial charge on any atom is 0.167 e. The smallest absolute Gasteiger partial charge is 0.167 e. The van der Waals surface area contributed by atoms with Crippen LogP contribution in [0.3, 0.4) is 0 Å². The van der Waals surface area contributed by atoms with Gasteiger partial charge >= 0.3 is 0 Å². The van der Waals surface area contributed by atoms with Gasteiger partial charge in [0.15, 0.2) is 5.78 Å². The molecule has 0 fully saturated rings. The molecule has 3 rings (SSSR count). The van der Waals surface area contributed by atoms with Gasteiger partial charge in [-0.3, -0.25) is 4.79 Å². The Morgan fingerprint density at radius 1 is 1.30 bits per heavy atom. The predicted octanol–water partition coefficient (Wildman–Crippen LogP) is 5.86. The molecule has 1 atom stereocenters. The summed E-state index contributed by atoms with van der Waals surface area (Å²) in [6.07, 6.45) is 1.71. The minimum Gasteiger partial charge on any atom is -0.364 e. The number of Topliss-reactive ketones (excluding diaryl/α,β-unsaturated/α-hetero) is 1. The van der Waals surface area contributed by atoms with Crippen molar-refractivity contribution in [1.29, 1.82) is 5.26 Å². The van der Waals surface area contributed by atoms with Gasteiger partial charge in [0.2, 0.25) is 0 Å². The standard InChI is InChI=1S/C22H22BrIN2O/c1-14(2)26-19(7-8-25)11-18-10-17(12-20(23)22(18)26)21(27)9-15-3-5-16(13-24)6-4-15/h3-6,10,12,14,19H,7,9,11,13H2,1-2H3. The van der Waals surface area contributed by atoms with E-state index >= 15 is 0 Å². The third-order valence-electron chi connectivity index (χ3n) is 5.00. The average Bonchev–Trinajstić information content (AvgIpc) is 3.01. The number of hydrogen-bond donors (Lipinski definition) is 0. The van der Waals surface area contributed by atoms with Crippen molar-refractivity contribution in [2.75, 3.05) is 4.90 Å². The molecule has 0 amide bonds. The summed E-state index contributed by atoms with van der Waals surface area (Å²) in [6, 6.07) is 15.0. The van der Waals surface area contributed by atoms with Crippen LogP contribution >= 0.6 is 38.5 Å². The Morgan fingerprint density at radius 3 is 2.56 bits per heavy atom. The van der Waals surface area contributed by atoms with Crippen molar-refractivity contribution in [2.24, 2.45) is 0 Å². The molecule has 0 radical (unpaired) electrons. The first kappa shape index (κ1) is 20.3. The van der Waals surface area contributed by atoms with Gasteiger partial charge in [-0.2, -0.15) is 5.26 Å². The first-order valence-electron chi connectivity index (χ1n) is 9.09. The normalized spacial score (nSPS) is 15.7. The van der Waals surface area contributed by atoms with E-state index in [0.29, 0.717) is 18.9 Å². The van der Waals surface area contributed by atoms with E-state index in [1.165, 1.54) is 5.56 Å². The van der Waals surface area contributed by atoms with Crippen LogP contribution in [0.1, 0.15) is 47.3 Å². The molecule has 0 saturated carbocycles. The highest BCUT2D eigenvalue weighted by Gasteiger charge is 2.33. The summed E-state index contributed by atoms with van der Waals surface area (Å²) in [5, 5.41) is 9.18. The highest BCUT2D eigenvalue weighted by molar-refractivity contribution is 14.1. The number of rotatable bonds is 6. The third kappa shape index (κ3) is 4.38. The van der Waals surface area contributed by atoms with Crippen LogP contribution in [-0.4, -0.2) is 17.9 Å². The maximum atomic E-state index is 12.9. The molecule has 2 aromatic rings. The molecule has 5 heteroatoms. The van der Waals surface area contributed by atoms with Crippen LogP contribution in [0.15, 0.2) is 40.9 Å². The van der Waals surface area contributed by atoms with E-state index in [-0.39, 0.29) is 11.8 Å². The van der Waals surface area contributed by atoms with E-state index in [0.717, 1.165) is 37.7 Å².